The van der Waals surface area contributed by atoms with E-state index in [0.717, 1.165) is 0 Å². The summed E-state index contributed by atoms with van der Waals surface area (Å²) >= 11 is 0. The highest BCUT2D eigenvalue weighted by Gasteiger charge is 2.03. The molecule has 11 heteroatoms. The molecule has 0 aliphatic carbocycles. The highest BCUT2D eigenvalue weighted by Crippen LogP contribution is 1.94. The van der Waals surface area contributed by atoms with Crippen LogP contribution in [0.4, 0.5) is 0 Å². The molecule has 0 N–H and O–H groups in total. The molecule has 0 saturated carbocycles. The van der Waals surface area contributed by atoms with E-state index in [1.54, 1.807) is 0 Å². The Morgan fingerprint density at radius 2 is 0.800 bits per heavy atom. The standard InChI is InChI=1S/C24H46O11/c1-3-27-7-8-29-11-12-31-15-16-33-19-20-34-18-17-32-14-13-30-10-9-28-6-4-5-24(26)22-35-21-23(2)25/h3-22H2,1-2H3. The molecule has 0 spiro atoms. The molecule has 0 atom stereocenters. The minimum Gasteiger partial charge on any atom is -0.379 e. The fourth-order valence-electron chi connectivity index (χ4n) is 2.44. The van der Waals surface area contributed by atoms with Crippen LogP contribution in [0.5, 0.6) is 0 Å². The molecular formula is C24H46O11. The van der Waals surface area contributed by atoms with E-state index >= 15 is 0 Å². The molecule has 208 valence electrons. The van der Waals surface area contributed by atoms with E-state index < -0.39 is 0 Å². The first-order valence-corrected chi connectivity index (χ1v) is 12.4. The van der Waals surface area contributed by atoms with Gasteiger partial charge in [-0.3, -0.25) is 9.59 Å². The Balaban J connectivity index is 3.09. The molecule has 0 aromatic heterocycles. The van der Waals surface area contributed by atoms with Gasteiger partial charge in [0.2, 0.25) is 0 Å². The van der Waals surface area contributed by atoms with Gasteiger partial charge in [-0.25, -0.2) is 0 Å². The number of carbonyl (C=O) groups excluding carboxylic acids is 2. The molecule has 0 unspecified atom stereocenters. The topological polar surface area (TPSA) is 117 Å². The van der Waals surface area contributed by atoms with Crippen LogP contribution in [-0.2, 0) is 52.2 Å². The fraction of sp³-hybridized carbons (Fsp3) is 0.917. The lowest BCUT2D eigenvalue weighted by molar-refractivity contribution is -0.127. The summed E-state index contributed by atoms with van der Waals surface area (Å²) in [6, 6.07) is 0. The second kappa shape index (κ2) is 29.2. The van der Waals surface area contributed by atoms with Crippen molar-refractivity contribution in [2.45, 2.75) is 26.7 Å². The smallest absolute Gasteiger partial charge is 0.158 e. The lowest BCUT2D eigenvalue weighted by atomic mass is 10.2. The van der Waals surface area contributed by atoms with Crippen LogP contribution in [0.15, 0.2) is 0 Å². The summed E-state index contributed by atoms with van der Waals surface area (Å²) in [4.78, 5) is 22.2. The number of rotatable bonds is 30. The van der Waals surface area contributed by atoms with Crippen molar-refractivity contribution in [3.05, 3.63) is 0 Å². The Morgan fingerprint density at radius 3 is 1.14 bits per heavy atom. The van der Waals surface area contributed by atoms with Gasteiger partial charge in [-0.2, -0.15) is 0 Å². The van der Waals surface area contributed by atoms with Crippen molar-refractivity contribution < 1.29 is 52.2 Å². The summed E-state index contributed by atoms with van der Waals surface area (Å²) < 4.78 is 48.0. The second-order valence-corrected chi connectivity index (χ2v) is 7.32. The molecule has 0 saturated heterocycles. The van der Waals surface area contributed by atoms with Gasteiger partial charge in [0.15, 0.2) is 11.6 Å². The van der Waals surface area contributed by atoms with Gasteiger partial charge in [-0.05, 0) is 20.3 Å². The third-order valence-electron chi connectivity index (χ3n) is 4.12. The SMILES string of the molecule is CCOCCOCCOCCOCCOCCOCCOCCOCCCC(=O)COCC(C)=O. The summed E-state index contributed by atoms with van der Waals surface area (Å²) in [5, 5.41) is 0. The number of ketones is 2. The summed E-state index contributed by atoms with van der Waals surface area (Å²) in [7, 11) is 0. The number of hydrogen-bond acceptors (Lipinski definition) is 11. The Morgan fingerprint density at radius 1 is 0.457 bits per heavy atom. The number of ether oxygens (including phenoxy) is 9. The van der Waals surface area contributed by atoms with Crippen molar-refractivity contribution in [3.8, 4) is 0 Å². The molecule has 0 radical (unpaired) electrons. The molecule has 0 aliphatic rings. The first-order chi connectivity index (χ1) is 17.2. The van der Waals surface area contributed by atoms with Crippen LogP contribution >= 0.6 is 0 Å². The molecule has 35 heavy (non-hydrogen) atoms. The average molecular weight is 511 g/mol. The highest BCUT2D eigenvalue weighted by atomic mass is 16.6. The minimum atomic E-state index is -0.0918. The van der Waals surface area contributed by atoms with Gasteiger partial charge < -0.3 is 42.6 Å². The van der Waals surface area contributed by atoms with Crippen molar-refractivity contribution in [3.63, 3.8) is 0 Å². The van der Waals surface area contributed by atoms with Crippen molar-refractivity contribution in [2.75, 3.05) is 119 Å². The van der Waals surface area contributed by atoms with Gasteiger partial charge in [-0.15, -0.1) is 0 Å². The van der Waals surface area contributed by atoms with Crippen molar-refractivity contribution in [1.29, 1.82) is 0 Å². The van der Waals surface area contributed by atoms with Crippen LogP contribution in [0, 0.1) is 0 Å². The van der Waals surface area contributed by atoms with Crippen molar-refractivity contribution in [2.24, 2.45) is 0 Å². The monoisotopic (exact) mass is 510 g/mol. The first-order valence-electron chi connectivity index (χ1n) is 12.4. The van der Waals surface area contributed by atoms with Crippen molar-refractivity contribution >= 4 is 11.6 Å². The summed E-state index contributed by atoms with van der Waals surface area (Å²) in [6.45, 7) is 11.8. The van der Waals surface area contributed by atoms with Crippen LogP contribution in [0.25, 0.3) is 0 Å². The molecule has 0 aliphatic heterocycles. The highest BCUT2D eigenvalue weighted by molar-refractivity contribution is 5.80. The Bertz CT molecular complexity index is 463. The average Bonchev–Trinajstić information content (AvgIpc) is 2.83. The Hall–Kier alpha value is -1.02. The maximum atomic E-state index is 11.5. The zero-order chi connectivity index (χ0) is 25.7. The van der Waals surface area contributed by atoms with E-state index in [1.807, 2.05) is 6.92 Å². The van der Waals surface area contributed by atoms with Gasteiger partial charge in [0.05, 0.1) is 92.5 Å². The largest absolute Gasteiger partial charge is 0.379 e. The molecule has 0 rings (SSSR count). The van der Waals surface area contributed by atoms with E-state index in [-0.39, 0.29) is 24.8 Å². The predicted molar refractivity (Wildman–Crippen MR) is 128 cm³/mol. The molecule has 11 nitrogen and oxygen atoms in total. The Labute approximate surface area is 209 Å². The van der Waals surface area contributed by atoms with Gasteiger partial charge >= 0.3 is 0 Å². The number of hydrogen-bond donors (Lipinski definition) is 0. The third-order valence-corrected chi connectivity index (χ3v) is 4.12. The summed E-state index contributed by atoms with van der Waals surface area (Å²) in [5.41, 5.74) is 0. The molecule has 0 aromatic carbocycles. The molecule has 0 fully saturated rings. The van der Waals surface area contributed by atoms with Crippen LogP contribution in [-0.4, -0.2) is 130 Å². The lowest BCUT2D eigenvalue weighted by Crippen LogP contribution is -2.15. The van der Waals surface area contributed by atoms with Crippen LogP contribution < -0.4 is 0 Å². The third kappa shape index (κ3) is 30.9. The fourth-order valence-corrected chi connectivity index (χ4v) is 2.44. The van der Waals surface area contributed by atoms with Gasteiger partial charge in [0.1, 0.15) is 13.2 Å². The van der Waals surface area contributed by atoms with E-state index in [1.165, 1.54) is 6.92 Å². The van der Waals surface area contributed by atoms with E-state index in [9.17, 15) is 9.59 Å². The molecule has 0 amide bonds. The number of Topliss-reactive ketones (excluding diaryl/α,β-unsaturated/α-hetero) is 2. The van der Waals surface area contributed by atoms with E-state index in [4.69, 9.17) is 42.6 Å². The molecule has 0 aromatic rings. The maximum Gasteiger partial charge on any atom is 0.158 e. The molecular weight excluding hydrogens is 464 g/mol. The zero-order valence-corrected chi connectivity index (χ0v) is 21.6. The second-order valence-electron chi connectivity index (χ2n) is 7.32. The maximum absolute atomic E-state index is 11.5. The summed E-state index contributed by atoms with van der Waals surface area (Å²) in [6.07, 6.45) is 0.997. The van der Waals surface area contributed by atoms with Crippen LogP contribution in [0.2, 0.25) is 0 Å². The quantitative estimate of drug-likeness (QED) is 0.129. The predicted octanol–water partition coefficient (Wildman–Crippen LogP) is 1.09. The normalized spacial score (nSPS) is 11.3. The molecule has 0 heterocycles. The van der Waals surface area contributed by atoms with Crippen molar-refractivity contribution in [1.82, 2.24) is 0 Å². The van der Waals surface area contributed by atoms with E-state index in [2.05, 4.69) is 0 Å². The first kappa shape index (κ1) is 34.0. The van der Waals surface area contributed by atoms with Gasteiger partial charge in [0, 0.05) is 19.6 Å². The van der Waals surface area contributed by atoms with Gasteiger partial charge in [0.25, 0.3) is 0 Å². The van der Waals surface area contributed by atoms with Gasteiger partial charge in [-0.1, -0.05) is 0 Å². The minimum absolute atomic E-state index is 0.0183. The lowest BCUT2D eigenvalue weighted by Gasteiger charge is -2.08. The Kier molecular flexibility index (Phi) is 28.4. The summed E-state index contributed by atoms with van der Waals surface area (Å²) in [5.74, 6) is -0.123. The number of carbonyl (C=O) groups is 2. The van der Waals surface area contributed by atoms with E-state index in [0.29, 0.717) is 119 Å². The molecule has 0 bridgehead atoms. The van der Waals surface area contributed by atoms with Crippen LogP contribution in [0.3, 0.4) is 0 Å². The zero-order valence-electron chi connectivity index (χ0n) is 21.6. The van der Waals surface area contributed by atoms with Crippen LogP contribution in [0.1, 0.15) is 26.7 Å².